The van der Waals surface area contributed by atoms with Gasteiger partial charge in [-0.3, -0.25) is 4.79 Å². The van der Waals surface area contributed by atoms with Crippen LogP contribution in [0.5, 0.6) is 0 Å². The summed E-state index contributed by atoms with van der Waals surface area (Å²) in [5.74, 6) is -2.23. The summed E-state index contributed by atoms with van der Waals surface area (Å²) in [7, 11) is 2.62. The second-order valence-electron chi connectivity index (χ2n) is 3.67. The smallest absolute Gasteiger partial charge is 0.335 e. The Morgan fingerprint density at radius 3 is 2.25 bits per heavy atom. The Balaban J connectivity index is 2.95. The van der Waals surface area contributed by atoms with E-state index in [2.05, 4.69) is 15.4 Å². The lowest BCUT2D eigenvalue weighted by Crippen LogP contribution is -2.25. The molecule has 0 aliphatic heterocycles. The minimum Gasteiger partial charge on any atom is -0.478 e. The minimum absolute atomic E-state index is 0.0116. The van der Waals surface area contributed by atoms with E-state index in [9.17, 15) is 14.4 Å². The van der Waals surface area contributed by atoms with E-state index in [1.807, 2.05) is 0 Å². The van der Waals surface area contributed by atoms with E-state index in [-0.39, 0.29) is 11.3 Å². The zero-order valence-corrected chi connectivity index (χ0v) is 11.0. The maximum Gasteiger partial charge on any atom is 0.335 e. The first-order valence-corrected chi connectivity index (χ1v) is 5.60. The minimum atomic E-state index is -1.05. The highest BCUT2D eigenvalue weighted by Gasteiger charge is 2.11. The van der Waals surface area contributed by atoms with Crippen LogP contribution in [0.25, 0.3) is 0 Å². The Kier molecular flexibility index (Phi) is 5.28. The molecule has 1 aromatic carbocycles. The largest absolute Gasteiger partial charge is 0.478 e. The fourth-order valence-electron chi connectivity index (χ4n) is 1.32. The van der Waals surface area contributed by atoms with Crippen LogP contribution >= 0.6 is 0 Å². The van der Waals surface area contributed by atoms with Crippen LogP contribution in [0.4, 0.5) is 5.69 Å². The molecular formula is C13H14N2O5. The first-order valence-electron chi connectivity index (χ1n) is 5.60. The summed E-state index contributed by atoms with van der Waals surface area (Å²) in [6, 6.07) is 5.73. The predicted molar refractivity (Wildman–Crippen MR) is 71.2 cm³/mol. The molecule has 0 heterocycles. The van der Waals surface area contributed by atoms with E-state index in [1.54, 1.807) is 0 Å². The molecule has 0 spiro atoms. The molecule has 1 rings (SSSR count). The van der Waals surface area contributed by atoms with Crippen molar-refractivity contribution in [1.29, 1.82) is 0 Å². The number of methoxy groups -OCH3 is 1. The summed E-state index contributed by atoms with van der Waals surface area (Å²) in [4.78, 5) is 33.5. The molecule has 0 saturated carbocycles. The van der Waals surface area contributed by atoms with E-state index in [1.165, 1.54) is 38.4 Å². The third-order valence-electron chi connectivity index (χ3n) is 2.35. The van der Waals surface area contributed by atoms with Crippen molar-refractivity contribution in [2.45, 2.75) is 0 Å². The van der Waals surface area contributed by atoms with Gasteiger partial charge in [-0.1, -0.05) is 0 Å². The molecule has 0 atom stereocenters. The van der Waals surface area contributed by atoms with Crippen LogP contribution in [0, 0.1) is 0 Å². The number of likely N-dealkylation sites (N-methyl/N-ethyl adjacent to an activating group) is 1. The van der Waals surface area contributed by atoms with Gasteiger partial charge in [-0.15, -0.1) is 0 Å². The molecule has 7 nitrogen and oxygen atoms in total. The SMILES string of the molecule is CNC(=O)/C(=C/C(=O)OC)Nc1ccc(C(=O)O)cc1. The zero-order valence-electron chi connectivity index (χ0n) is 11.0. The van der Waals surface area contributed by atoms with E-state index in [0.717, 1.165) is 6.08 Å². The first-order chi connectivity index (χ1) is 9.47. The lowest BCUT2D eigenvalue weighted by molar-refractivity contribution is -0.135. The summed E-state index contributed by atoms with van der Waals surface area (Å²) < 4.78 is 4.45. The van der Waals surface area contributed by atoms with Crippen LogP contribution in [-0.2, 0) is 14.3 Å². The van der Waals surface area contributed by atoms with Crippen LogP contribution in [0.15, 0.2) is 36.0 Å². The van der Waals surface area contributed by atoms with Crippen LogP contribution in [0.2, 0.25) is 0 Å². The monoisotopic (exact) mass is 278 g/mol. The molecule has 20 heavy (non-hydrogen) atoms. The van der Waals surface area contributed by atoms with E-state index in [0.29, 0.717) is 5.69 Å². The highest BCUT2D eigenvalue weighted by molar-refractivity contribution is 6.01. The lowest BCUT2D eigenvalue weighted by Gasteiger charge is -2.09. The van der Waals surface area contributed by atoms with Gasteiger partial charge in [0.1, 0.15) is 5.70 Å². The second-order valence-corrected chi connectivity index (χ2v) is 3.67. The van der Waals surface area contributed by atoms with Gasteiger partial charge < -0.3 is 20.5 Å². The van der Waals surface area contributed by atoms with Crippen molar-refractivity contribution in [3.05, 3.63) is 41.6 Å². The number of carbonyl (C=O) groups excluding carboxylic acids is 2. The molecule has 0 aromatic heterocycles. The maximum atomic E-state index is 11.6. The molecule has 3 N–H and O–H groups in total. The fraction of sp³-hybridized carbons (Fsp3) is 0.154. The van der Waals surface area contributed by atoms with Crippen LogP contribution in [-0.4, -0.2) is 37.1 Å². The molecule has 0 unspecified atom stereocenters. The van der Waals surface area contributed by atoms with Gasteiger partial charge in [-0.05, 0) is 24.3 Å². The molecule has 7 heteroatoms. The number of amides is 1. The molecule has 0 aliphatic carbocycles. The molecule has 0 saturated heterocycles. The van der Waals surface area contributed by atoms with Gasteiger partial charge in [-0.25, -0.2) is 9.59 Å². The Labute approximate surface area is 115 Å². The molecule has 1 amide bonds. The number of rotatable bonds is 5. The highest BCUT2D eigenvalue weighted by Crippen LogP contribution is 2.12. The zero-order chi connectivity index (χ0) is 15.1. The van der Waals surface area contributed by atoms with E-state index < -0.39 is 17.8 Å². The standard InChI is InChI=1S/C13H14N2O5/c1-14-12(17)10(7-11(16)20-2)15-9-5-3-8(4-6-9)13(18)19/h3-7,15H,1-2H3,(H,14,17)(H,18,19)/b10-7-. The number of carboxylic acids is 1. The Hall–Kier alpha value is -2.83. The van der Waals surface area contributed by atoms with Crippen molar-refractivity contribution < 1.29 is 24.2 Å². The van der Waals surface area contributed by atoms with Crippen molar-refractivity contribution in [1.82, 2.24) is 5.32 Å². The second kappa shape index (κ2) is 6.93. The number of hydrogen-bond acceptors (Lipinski definition) is 5. The predicted octanol–water partition coefficient (Wildman–Crippen LogP) is 0.600. The quantitative estimate of drug-likeness (QED) is 0.538. The maximum absolute atomic E-state index is 11.6. The summed E-state index contributed by atoms with van der Waals surface area (Å²) in [5.41, 5.74) is 0.574. The van der Waals surface area contributed by atoms with Crippen molar-refractivity contribution in [2.75, 3.05) is 19.5 Å². The molecule has 0 aliphatic rings. The topological polar surface area (TPSA) is 105 Å². The summed E-state index contributed by atoms with van der Waals surface area (Å²) in [6.45, 7) is 0. The van der Waals surface area contributed by atoms with Gasteiger partial charge in [0.05, 0.1) is 18.7 Å². The molecule has 0 bridgehead atoms. The number of benzene rings is 1. The van der Waals surface area contributed by atoms with Gasteiger partial charge in [-0.2, -0.15) is 0 Å². The van der Waals surface area contributed by atoms with Gasteiger partial charge in [0.15, 0.2) is 0 Å². The number of esters is 1. The third-order valence-corrected chi connectivity index (χ3v) is 2.35. The first kappa shape index (κ1) is 15.2. The van der Waals surface area contributed by atoms with Crippen molar-refractivity contribution in [3.63, 3.8) is 0 Å². The molecular weight excluding hydrogens is 264 g/mol. The van der Waals surface area contributed by atoms with Gasteiger partial charge in [0.25, 0.3) is 5.91 Å². The highest BCUT2D eigenvalue weighted by atomic mass is 16.5. The van der Waals surface area contributed by atoms with Crippen LogP contribution < -0.4 is 10.6 Å². The van der Waals surface area contributed by atoms with E-state index >= 15 is 0 Å². The number of hydrogen-bond donors (Lipinski definition) is 3. The van der Waals surface area contributed by atoms with E-state index in [4.69, 9.17) is 5.11 Å². The van der Waals surface area contributed by atoms with Crippen LogP contribution in [0.1, 0.15) is 10.4 Å². The molecule has 1 aromatic rings. The normalized spacial score (nSPS) is 10.6. The average Bonchev–Trinajstić information content (AvgIpc) is 2.46. The number of aromatic carboxylic acids is 1. The van der Waals surface area contributed by atoms with Crippen molar-refractivity contribution in [2.24, 2.45) is 0 Å². The summed E-state index contributed by atoms with van der Waals surface area (Å²) >= 11 is 0. The number of carboxylic acid groups (broad SMARTS) is 1. The van der Waals surface area contributed by atoms with Gasteiger partial charge in [0.2, 0.25) is 0 Å². The third kappa shape index (κ3) is 4.13. The van der Waals surface area contributed by atoms with Gasteiger partial charge in [0, 0.05) is 12.7 Å². The van der Waals surface area contributed by atoms with Gasteiger partial charge >= 0.3 is 11.9 Å². The Morgan fingerprint density at radius 2 is 1.80 bits per heavy atom. The van der Waals surface area contributed by atoms with Crippen molar-refractivity contribution >= 4 is 23.5 Å². The number of nitrogens with one attached hydrogen (secondary N) is 2. The Morgan fingerprint density at radius 1 is 1.20 bits per heavy atom. The lowest BCUT2D eigenvalue weighted by atomic mass is 10.2. The summed E-state index contributed by atoms with van der Waals surface area (Å²) in [6.07, 6.45) is 1.00. The van der Waals surface area contributed by atoms with Crippen molar-refractivity contribution in [3.8, 4) is 0 Å². The average molecular weight is 278 g/mol. The summed E-state index contributed by atoms with van der Waals surface area (Å²) in [5, 5.41) is 13.9. The molecule has 0 radical (unpaired) electrons. The number of ether oxygens (including phenoxy) is 1. The fourth-order valence-corrected chi connectivity index (χ4v) is 1.32. The van der Waals surface area contributed by atoms with Crippen LogP contribution in [0.3, 0.4) is 0 Å². The molecule has 0 fully saturated rings. The number of anilines is 1. The molecule has 106 valence electrons. The Bertz CT molecular complexity index is 548. The number of carbonyl (C=O) groups is 3.